The first-order valence-corrected chi connectivity index (χ1v) is 6.58. The Kier molecular flexibility index (Phi) is 3.58. The third-order valence-electron chi connectivity index (χ3n) is 1.87. The number of carboxylic acids is 1. The summed E-state index contributed by atoms with van der Waals surface area (Å²) in [7, 11) is 0. The zero-order valence-corrected chi connectivity index (χ0v) is 10.5. The Bertz CT molecular complexity index is 588. The third kappa shape index (κ3) is 2.81. The van der Waals surface area contributed by atoms with E-state index in [1.807, 2.05) is 18.2 Å². The molecular formula is C10H8ClNO2S2. The van der Waals surface area contributed by atoms with Crippen molar-refractivity contribution < 1.29 is 9.90 Å². The standard InChI is InChI=1S/C10H8ClNO2S2/c11-6-1-2-7-8(5-6)16-10(15-7)12-4-3-9(13)14/h1-2,5H,3-4H2,(H,13,14). The van der Waals surface area contributed by atoms with Gasteiger partial charge in [0.2, 0.25) is 0 Å². The summed E-state index contributed by atoms with van der Waals surface area (Å²) < 4.78 is 3.11. The average molecular weight is 274 g/mol. The van der Waals surface area contributed by atoms with E-state index < -0.39 is 5.97 Å². The molecule has 0 aliphatic rings. The SMILES string of the molecule is O=C(O)CCN=c1sc2ccc(Cl)cc2s1. The molecule has 1 aromatic carbocycles. The summed E-state index contributed by atoms with van der Waals surface area (Å²) in [5.74, 6) is -0.821. The largest absolute Gasteiger partial charge is 0.481 e. The predicted molar refractivity (Wildman–Crippen MR) is 67.4 cm³/mol. The lowest BCUT2D eigenvalue weighted by Crippen LogP contribution is -1.99. The smallest absolute Gasteiger partial charge is 0.305 e. The molecule has 1 N–H and O–H groups in total. The Morgan fingerprint density at radius 3 is 2.88 bits per heavy atom. The number of hydrogen-bond donors (Lipinski definition) is 1. The van der Waals surface area contributed by atoms with Gasteiger partial charge in [-0.1, -0.05) is 11.6 Å². The van der Waals surface area contributed by atoms with Crippen LogP contribution in [0.15, 0.2) is 23.2 Å². The van der Waals surface area contributed by atoms with E-state index in [2.05, 4.69) is 4.99 Å². The van der Waals surface area contributed by atoms with Crippen molar-refractivity contribution in [2.45, 2.75) is 6.42 Å². The average Bonchev–Trinajstić information content (AvgIpc) is 2.58. The van der Waals surface area contributed by atoms with E-state index in [0.717, 1.165) is 13.4 Å². The molecule has 0 amide bonds. The van der Waals surface area contributed by atoms with Crippen LogP contribution >= 0.6 is 34.3 Å². The number of rotatable bonds is 3. The molecule has 2 rings (SSSR count). The van der Waals surface area contributed by atoms with Gasteiger partial charge in [0.1, 0.15) is 0 Å². The zero-order valence-electron chi connectivity index (χ0n) is 8.14. The number of carboxylic acid groups (broad SMARTS) is 1. The molecule has 3 nitrogen and oxygen atoms in total. The Labute approximate surface area is 105 Å². The summed E-state index contributed by atoms with van der Waals surface area (Å²) in [4.78, 5) is 14.6. The Balaban J connectivity index is 2.28. The van der Waals surface area contributed by atoms with Gasteiger partial charge >= 0.3 is 5.97 Å². The highest BCUT2D eigenvalue weighted by Gasteiger charge is 2.00. The topological polar surface area (TPSA) is 49.7 Å². The van der Waals surface area contributed by atoms with Gasteiger partial charge in [0, 0.05) is 14.4 Å². The number of aliphatic carboxylic acids is 1. The lowest BCUT2D eigenvalue weighted by atomic mass is 10.4. The first-order valence-electron chi connectivity index (χ1n) is 4.56. The first kappa shape index (κ1) is 11.6. The van der Waals surface area contributed by atoms with Crippen LogP contribution in [-0.4, -0.2) is 17.6 Å². The van der Waals surface area contributed by atoms with Crippen LogP contribution in [0.1, 0.15) is 6.42 Å². The van der Waals surface area contributed by atoms with Crippen LogP contribution in [0.5, 0.6) is 0 Å². The van der Waals surface area contributed by atoms with Crippen molar-refractivity contribution in [1.29, 1.82) is 0 Å². The van der Waals surface area contributed by atoms with Crippen LogP contribution in [0, 0.1) is 0 Å². The van der Waals surface area contributed by atoms with E-state index >= 15 is 0 Å². The molecule has 0 saturated heterocycles. The number of fused-ring (bicyclic) bond motifs is 1. The number of nitrogens with zero attached hydrogens (tertiary/aromatic N) is 1. The second-order valence-electron chi connectivity index (χ2n) is 3.09. The maximum absolute atomic E-state index is 10.3. The Morgan fingerprint density at radius 1 is 1.38 bits per heavy atom. The first-order chi connectivity index (χ1) is 7.65. The molecule has 84 valence electrons. The summed E-state index contributed by atoms with van der Waals surface area (Å²) in [5.41, 5.74) is 0. The lowest BCUT2D eigenvalue weighted by molar-refractivity contribution is -0.136. The van der Waals surface area contributed by atoms with Gasteiger partial charge in [0.25, 0.3) is 0 Å². The summed E-state index contributed by atoms with van der Waals surface area (Å²) in [6.45, 7) is 0.326. The van der Waals surface area contributed by atoms with Crippen molar-refractivity contribution >= 4 is 49.6 Å². The van der Waals surface area contributed by atoms with Gasteiger partial charge < -0.3 is 5.11 Å². The predicted octanol–water partition coefficient (Wildman–Crippen LogP) is 2.99. The highest BCUT2D eigenvalue weighted by molar-refractivity contribution is 7.35. The maximum atomic E-state index is 10.3. The third-order valence-corrected chi connectivity index (χ3v) is 4.47. The molecule has 2 aromatic rings. The molecule has 6 heteroatoms. The van der Waals surface area contributed by atoms with Crippen molar-refractivity contribution in [3.8, 4) is 0 Å². The molecule has 0 saturated carbocycles. The molecular weight excluding hydrogens is 266 g/mol. The molecule has 0 fully saturated rings. The molecule has 1 heterocycles. The summed E-state index contributed by atoms with van der Waals surface area (Å²) >= 11 is 8.97. The Morgan fingerprint density at radius 2 is 2.12 bits per heavy atom. The van der Waals surface area contributed by atoms with Gasteiger partial charge in [-0.25, -0.2) is 0 Å². The van der Waals surface area contributed by atoms with E-state index in [1.54, 1.807) is 11.3 Å². The highest BCUT2D eigenvalue weighted by Crippen LogP contribution is 2.24. The second kappa shape index (κ2) is 4.95. The molecule has 16 heavy (non-hydrogen) atoms. The number of hydrogen-bond acceptors (Lipinski definition) is 4. The number of carbonyl (C=O) groups is 1. The monoisotopic (exact) mass is 273 g/mol. The Hall–Kier alpha value is -0.910. The highest BCUT2D eigenvalue weighted by atomic mass is 35.5. The van der Waals surface area contributed by atoms with Crippen molar-refractivity contribution in [2.75, 3.05) is 6.54 Å². The molecule has 0 radical (unpaired) electrons. The van der Waals surface area contributed by atoms with Crippen LogP contribution in [0.25, 0.3) is 9.40 Å². The van der Waals surface area contributed by atoms with Crippen molar-refractivity contribution in [3.05, 3.63) is 27.2 Å². The normalized spacial score (nSPS) is 12.2. The maximum Gasteiger partial charge on any atom is 0.305 e. The molecule has 0 aliphatic heterocycles. The van der Waals surface area contributed by atoms with Crippen LogP contribution in [-0.2, 0) is 4.79 Å². The van der Waals surface area contributed by atoms with Gasteiger partial charge in [0.15, 0.2) is 3.98 Å². The summed E-state index contributed by atoms with van der Waals surface area (Å²) in [6.07, 6.45) is 0.0712. The fourth-order valence-corrected chi connectivity index (χ4v) is 3.69. The quantitative estimate of drug-likeness (QED) is 0.935. The molecule has 0 spiro atoms. The minimum atomic E-state index is -0.821. The van der Waals surface area contributed by atoms with Crippen molar-refractivity contribution in [2.24, 2.45) is 4.99 Å². The second-order valence-corrected chi connectivity index (χ2v) is 5.84. The van der Waals surface area contributed by atoms with E-state index in [1.165, 1.54) is 11.3 Å². The van der Waals surface area contributed by atoms with Crippen LogP contribution in [0.3, 0.4) is 0 Å². The number of benzene rings is 1. The van der Waals surface area contributed by atoms with Gasteiger partial charge in [-0.3, -0.25) is 9.79 Å². The zero-order chi connectivity index (χ0) is 11.5. The van der Waals surface area contributed by atoms with Gasteiger partial charge in [-0.05, 0) is 18.2 Å². The molecule has 1 aromatic heterocycles. The molecule has 0 aliphatic carbocycles. The lowest BCUT2D eigenvalue weighted by Gasteiger charge is -1.86. The van der Waals surface area contributed by atoms with Crippen molar-refractivity contribution in [1.82, 2.24) is 0 Å². The fourth-order valence-electron chi connectivity index (χ4n) is 1.16. The van der Waals surface area contributed by atoms with Crippen molar-refractivity contribution in [3.63, 3.8) is 0 Å². The van der Waals surface area contributed by atoms with Gasteiger partial charge in [0.05, 0.1) is 13.0 Å². The van der Waals surface area contributed by atoms with Gasteiger partial charge in [-0.15, -0.1) is 22.7 Å². The minimum absolute atomic E-state index is 0.0712. The molecule has 0 bridgehead atoms. The minimum Gasteiger partial charge on any atom is -0.481 e. The fraction of sp³-hybridized carbons (Fsp3) is 0.200. The van der Waals surface area contributed by atoms with Gasteiger partial charge in [-0.2, -0.15) is 0 Å². The van der Waals surface area contributed by atoms with Crippen LogP contribution < -0.4 is 3.98 Å². The molecule has 0 atom stereocenters. The molecule has 0 unspecified atom stereocenters. The summed E-state index contributed by atoms with van der Waals surface area (Å²) in [6, 6.07) is 5.69. The van der Waals surface area contributed by atoms with E-state index in [-0.39, 0.29) is 6.42 Å². The van der Waals surface area contributed by atoms with E-state index in [9.17, 15) is 4.79 Å². The number of halogens is 1. The van der Waals surface area contributed by atoms with E-state index in [0.29, 0.717) is 11.6 Å². The van der Waals surface area contributed by atoms with Crippen LogP contribution in [0.2, 0.25) is 5.02 Å². The van der Waals surface area contributed by atoms with Crippen LogP contribution in [0.4, 0.5) is 0 Å². The van der Waals surface area contributed by atoms with E-state index in [4.69, 9.17) is 16.7 Å². The summed E-state index contributed by atoms with van der Waals surface area (Å²) in [5, 5.41) is 9.20.